The first-order chi connectivity index (χ1) is 6.67. The highest BCUT2D eigenvalue weighted by Crippen LogP contribution is 2.45. The second kappa shape index (κ2) is 2.93. The minimum atomic E-state index is -2.70. The van der Waals surface area contributed by atoms with Gasteiger partial charge in [0.1, 0.15) is 0 Å². The largest absolute Gasteiger partial charge is 0.316 e. The maximum absolute atomic E-state index is 11.2. The van der Waals surface area contributed by atoms with E-state index in [1.54, 1.807) is 0 Å². The van der Waals surface area contributed by atoms with E-state index in [0.29, 0.717) is 17.5 Å². The van der Waals surface area contributed by atoms with Gasteiger partial charge in [-0.25, -0.2) is 8.42 Å². The fourth-order valence-corrected chi connectivity index (χ4v) is 4.18. The van der Waals surface area contributed by atoms with Crippen molar-refractivity contribution >= 4 is 9.84 Å². The third-order valence-corrected chi connectivity index (χ3v) is 5.46. The summed E-state index contributed by atoms with van der Waals surface area (Å²) in [6.45, 7) is 3.80. The Hall–Kier alpha value is -0.130. The van der Waals surface area contributed by atoms with Crippen molar-refractivity contribution < 1.29 is 8.42 Å². The van der Waals surface area contributed by atoms with Gasteiger partial charge in [0.05, 0.1) is 11.5 Å². The molecule has 2 saturated heterocycles. The zero-order chi connectivity index (χ0) is 9.76. The quantitative estimate of drug-likeness (QED) is 0.607. The van der Waals surface area contributed by atoms with Crippen LogP contribution in [0.2, 0.25) is 0 Å². The summed E-state index contributed by atoms with van der Waals surface area (Å²) in [6, 6.07) is 0.701. The first kappa shape index (κ1) is 9.12. The molecule has 2 aliphatic heterocycles. The molecule has 14 heavy (non-hydrogen) atoms. The van der Waals surface area contributed by atoms with E-state index in [4.69, 9.17) is 0 Å². The zero-order valence-corrected chi connectivity index (χ0v) is 8.96. The number of fused-ring (bicyclic) bond motifs is 1. The smallest absolute Gasteiger partial charge is 0.152 e. The summed E-state index contributed by atoms with van der Waals surface area (Å²) >= 11 is 0. The molecule has 0 spiro atoms. The van der Waals surface area contributed by atoms with Crippen LogP contribution in [0.25, 0.3) is 0 Å². The molecule has 3 aliphatic rings. The number of nitrogens with one attached hydrogen (secondary N) is 1. The van der Waals surface area contributed by atoms with Crippen LogP contribution >= 0.6 is 0 Å². The predicted molar refractivity (Wildman–Crippen MR) is 53.9 cm³/mol. The van der Waals surface area contributed by atoms with Gasteiger partial charge >= 0.3 is 0 Å². The van der Waals surface area contributed by atoms with Crippen molar-refractivity contribution in [2.45, 2.75) is 6.04 Å². The Morgan fingerprint density at radius 1 is 1.07 bits per heavy atom. The number of piperidine rings is 1. The average molecular weight is 216 g/mol. The van der Waals surface area contributed by atoms with Crippen molar-refractivity contribution in [2.24, 2.45) is 11.8 Å². The van der Waals surface area contributed by atoms with Crippen molar-refractivity contribution in [1.82, 2.24) is 10.2 Å². The summed E-state index contributed by atoms with van der Waals surface area (Å²) in [5.41, 5.74) is 0. The van der Waals surface area contributed by atoms with Gasteiger partial charge in [0.2, 0.25) is 0 Å². The molecule has 0 aromatic carbocycles. The fraction of sp³-hybridized carbons (Fsp3) is 1.00. The summed E-state index contributed by atoms with van der Waals surface area (Å²) in [4.78, 5) is 2.39. The Balaban J connectivity index is 1.62. The maximum Gasteiger partial charge on any atom is 0.152 e. The third kappa shape index (κ3) is 1.38. The first-order valence-corrected chi connectivity index (χ1v) is 7.15. The third-order valence-electron chi connectivity index (χ3n) is 3.85. The number of nitrogens with zero attached hydrogens (tertiary/aromatic N) is 1. The van der Waals surface area contributed by atoms with Crippen LogP contribution in [0.1, 0.15) is 0 Å². The van der Waals surface area contributed by atoms with Gasteiger partial charge in [-0.15, -0.1) is 0 Å². The van der Waals surface area contributed by atoms with Gasteiger partial charge in [0.25, 0.3) is 0 Å². The molecule has 2 heterocycles. The molecule has 1 aliphatic carbocycles. The van der Waals surface area contributed by atoms with E-state index in [0.717, 1.165) is 38.0 Å². The molecule has 3 fully saturated rings. The van der Waals surface area contributed by atoms with Crippen LogP contribution in [0.15, 0.2) is 0 Å². The molecular formula is C9H16N2O2S. The van der Waals surface area contributed by atoms with Crippen LogP contribution in [0.3, 0.4) is 0 Å². The van der Waals surface area contributed by atoms with Crippen molar-refractivity contribution in [3.05, 3.63) is 0 Å². The number of sulfone groups is 1. The molecule has 0 radical (unpaired) electrons. The number of rotatable bonds is 1. The normalized spacial score (nSPS) is 46.1. The van der Waals surface area contributed by atoms with Gasteiger partial charge in [0, 0.05) is 19.1 Å². The molecule has 1 N–H and O–H groups in total. The van der Waals surface area contributed by atoms with Gasteiger partial charge in [-0.3, -0.25) is 4.90 Å². The first-order valence-electron chi connectivity index (χ1n) is 5.32. The molecule has 1 saturated carbocycles. The van der Waals surface area contributed by atoms with Crippen molar-refractivity contribution in [1.29, 1.82) is 0 Å². The minimum Gasteiger partial charge on any atom is -0.316 e. The Morgan fingerprint density at radius 2 is 1.64 bits per heavy atom. The monoisotopic (exact) mass is 216 g/mol. The molecular weight excluding hydrogens is 200 g/mol. The molecule has 2 atom stereocenters. The lowest BCUT2D eigenvalue weighted by Crippen LogP contribution is -2.44. The fourth-order valence-electron chi connectivity index (χ4n) is 2.95. The Morgan fingerprint density at radius 3 is 2.21 bits per heavy atom. The lowest BCUT2D eigenvalue weighted by molar-refractivity contribution is 0.255. The lowest BCUT2D eigenvalue weighted by Gasteiger charge is -2.28. The highest BCUT2D eigenvalue weighted by Gasteiger charge is 2.55. The maximum atomic E-state index is 11.2. The number of hydrogen-bond donors (Lipinski definition) is 1. The number of hydrogen-bond acceptors (Lipinski definition) is 4. The summed E-state index contributed by atoms with van der Waals surface area (Å²) in [7, 11) is -2.70. The molecule has 2 unspecified atom stereocenters. The molecule has 0 aromatic rings. The Kier molecular flexibility index (Phi) is 1.91. The molecule has 3 rings (SSSR count). The van der Waals surface area contributed by atoms with Crippen molar-refractivity contribution in [2.75, 3.05) is 37.7 Å². The van der Waals surface area contributed by atoms with Gasteiger partial charge in [0.15, 0.2) is 9.84 Å². The predicted octanol–water partition coefficient (Wildman–Crippen LogP) is -1.07. The van der Waals surface area contributed by atoms with E-state index in [9.17, 15) is 8.42 Å². The molecule has 0 bridgehead atoms. The van der Waals surface area contributed by atoms with E-state index in [1.165, 1.54) is 0 Å². The van der Waals surface area contributed by atoms with Crippen molar-refractivity contribution in [3.8, 4) is 0 Å². The highest BCUT2D eigenvalue weighted by molar-refractivity contribution is 7.91. The van der Waals surface area contributed by atoms with Gasteiger partial charge < -0.3 is 5.32 Å². The summed E-state index contributed by atoms with van der Waals surface area (Å²) in [6.07, 6.45) is 0. The van der Waals surface area contributed by atoms with Crippen LogP contribution in [-0.2, 0) is 9.84 Å². The summed E-state index contributed by atoms with van der Waals surface area (Å²) in [5.74, 6) is 2.37. The van der Waals surface area contributed by atoms with E-state index in [2.05, 4.69) is 10.2 Å². The van der Waals surface area contributed by atoms with E-state index >= 15 is 0 Å². The SMILES string of the molecule is O=S1(=O)CCN(C2C3CNCC32)CC1. The van der Waals surface area contributed by atoms with E-state index < -0.39 is 9.84 Å². The van der Waals surface area contributed by atoms with Crippen LogP contribution in [0.4, 0.5) is 0 Å². The second-order valence-corrected chi connectivity index (χ2v) is 6.97. The molecule has 5 heteroatoms. The zero-order valence-electron chi connectivity index (χ0n) is 8.15. The van der Waals surface area contributed by atoms with Gasteiger partial charge in [-0.05, 0) is 24.9 Å². The van der Waals surface area contributed by atoms with Crippen LogP contribution in [-0.4, -0.2) is 57.0 Å². The standard InChI is InChI=1S/C9H16N2O2S/c12-14(13)3-1-11(2-4-14)9-7-5-10-6-8(7)9/h7-10H,1-6H2. The average Bonchev–Trinajstić information content (AvgIpc) is 2.63. The van der Waals surface area contributed by atoms with Gasteiger partial charge in [-0.1, -0.05) is 0 Å². The van der Waals surface area contributed by atoms with E-state index in [1.807, 2.05) is 0 Å². The van der Waals surface area contributed by atoms with Gasteiger partial charge in [-0.2, -0.15) is 0 Å². The minimum absolute atomic E-state index is 0.371. The van der Waals surface area contributed by atoms with Crippen molar-refractivity contribution in [3.63, 3.8) is 0 Å². The Labute approximate surface area is 84.6 Å². The molecule has 80 valence electrons. The van der Waals surface area contributed by atoms with Crippen LogP contribution in [0, 0.1) is 11.8 Å². The van der Waals surface area contributed by atoms with E-state index in [-0.39, 0.29) is 0 Å². The summed E-state index contributed by atoms with van der Waals surface area (Å²) in [5, 5.41) is 3.36. The highest BCUT2D eigenvalue weighted by atomic mass is 32.2. The topological polar surface area (TPSA) is 49.4 Å². The van der Waals surface area contributed by atoms with Crippen LogP contribution in [0.5, 0.6) is 0 Å². The summed E-state index contributed by atoms with van der Waals surface area (Å²) < 4.78 is 22.5. The second-order valence-electron chi connectivity index (χ2n) is 4.66. The lowest BCUT2D eigenvalue weighted by atomic mass is 10.3. The van der Waals surface area contributed by atoms with Crippen LogP contribution < -0.4 is 5.32 Å². The molecule has 0 aromatic heterocycles. The molecule has 4 nitrogen and oxygen atoms in total. The molecule has 0 amide bonds. The Bertz CT molecular complexity index is 317.